The molecule has 2 rings (SSSR count). The highest BCUT2D eigenvalue weighted by Crippen LogP contribution is 2.41. The Bertz CT molecular complexity index is 450. The molecular weight excluding hydrogens is 243 g/mol. The molecule has 0 aromatic heterocycles. The molecule has 0 aliphatic heterocycles. The van der Waals surface area contributed by atoms with Crippen LogP contribution in [-0.4, -0.2) is 18.1 Å². The Morgan fingerprint density at radius 1 is 1.28 bits per heavy atom. The SMILES string of the molecule is Cc1ccccc1C(=O)NC1CC(C(F)(F)F)C1. The summed E-state index contributed by atoms with van der Waals surface area (Å²) in [5, 5.41) is 2.64. The lowest BCUT2D eigenvalue weighted by Gasteiger charge is -2.36. The highest BCUT2D eigenvalue weighted by Gasteiger charge is 2.48. The van der Waals surface area contributed by atoms with E-state index in [1.807, 2.05) is 6.07 Å². The van der Waals surface area contributed by atoms with Crippen LogP contribution in [0.1, 0.15) is 28.8 Å². The summed E-state index contributed by atoms with van der Waals surface area (Å²) in [6.45, 7) is 1.80. The van der Waals surface area contributed by atoms with Crippen LogP contribution >= 0.6 is 0 Å². The molecule has 1 aliphatic carbocycles. The maximum Gasteiger partial charge on any atom is 0.391 e. The molecule has 1 amide bonds. The lowest BCUT2D eigenvalue weighted by Crippen LogP contribution is -2.48. The van der Waals surface area contributed by atoms with Gasteiger partial charge in [-0.1, -0.05) is 18.2 Å². The Morgan fingerprint density at radius 3 is 2.44 bits per heavy atom. The number of rotatable bonds is 2. The van der Waals surface area contributed by atoms with E-state index in [0.29, 0.717) is 5.56 Å². The van der Waals surface area contributed by atoms with Crippen LogP contribution in [0.5, 0.6) is 0 Å². The van der Waals surface area contributed by atoms with Crippen LogP contribution in [0.25, 0.3) is 0 Å². The highest BCUT2D eigenvalue weighted by atomic mass is 19.4. The lowest BCUT2D eigenvalue weighted by atomic mass is 9.79. The van der Waals surface area contributed by atoms with Crippen molar-refractivity contribution in [3.63, 3.8) is 0 Å². The fourth-order valence-electron chi connectivity index (χ4n) is 2.09. The zero-order valence-corrected chi connectivity index (χ0v) is 9.92. The molecule has 2 nitrogen and oxygen atoms in total. The van der Waals surface area contributed by atoms with E-state index in [1.54, 1.807) is 25.1 Å². The van der Waals surface area contributed by atoms with Crippen LogP contribution in [0.3, 0.4) is 0 Å². The van der Waals surface area contributed by atoms with Gasteiger partial charge >= 0.3 is 6.18 Å². The minimum absolute atomic E-state index is 0.0128. The minimum atomic E-state index is -4.14. The molecule has 1 N–H and O–H groups in total. The Hall–Kier alpha value is -1.52. The van der Waals surface area contributed by atoms with Crippen molar-refractivity contribution in [1.82, 2.24) is 5.32 Å². The molecule has 1 aromatic rings. The third-order valence-corrected chi connectivity index (χ3v) is 3.33. The first-order chi connectivity index (χ1) is 8.38. The fraction of sp³-hybridized carbons (Fsp3) is 0.462. The molecule has 1 saturated carbocycles. The van der Waals surface area contributed by atoms with Gasteiger partial charge in [0.05, 0.1) is 5.92 Å². The van der Waals surface area contributed by atoms with Crippen molar-refractivity contribution in [2.24, 2.45) is 5.92 Å². The molecule has 1 aliphatic rings. The maximum atomic E-state index is 12.3. The quantitative estimate of drug-likeness (QED) is 0.866. The Morgan fingerprint density at radius 2 is 1.89 bits per heavy atom. The van der Waals surface area contributed by atoms with Crippen molar-refractivity contribution in [1.29, 1.82) is 0 Å². The highest BCUT2D eigenvalue weighted by molar-refractivity contribution is 5.95. The molecule has 0 atom stereocenters. The van der Waals surface area contributed by atoms with Crippen LogP contribution in [-0.2, 0) is 0 Å². The van der Waals surface area contributed by atoms with Gasteiger partial charge in [0.2, 0.25) is 0 Å². The van der Waals surface area contributed by atoms with E-state index in [1.165, 1.54) is 0 Å². The molecule has 1 aromatic carbocycles. The third-order valence-electron chi connectivity index (χ3n) is 3.33. The molecule has 98 valence electrons. The molecule has 0 spiro atoms. The Labute approximate surface area is 103 Å². The maximum absolute atomic E-state index is 12.3. The molecule has 18 heavy (non-hydrogen) atoms. The van der Waals surface area contributed by atoms with Crippen LogP contribution < -0.4 is 5.32 Å². The number of benzene rings is 1. The van der Waals surface area contributed by atoms with Crippen LogP contribution in [0.15, 0.2) is 24.3 Å². The third kappa shape index (κ3) is 2.66. The van der Waals surface area contributed by atoms with E-state index < -0.39 is 12.1 Å². The zero-order chi connectivity index (χ0) is 13.3. The predicted molar refractivity (Wildman–Crippen MR) is 61.2 cm³/mol. The number of alkyl halides is 3. The van der Waals surface area contributed by atoms with E-state index in [4.69, 9.17) is 0 Å². The van der Waals surface area contributed by atoms with E-state index in [-0.39, 0.29) is 24.8 Å². The van der Waals surface area contributed by atoms with Gasteiger partial charge in [0.25, 0.3) is 5.91 Å². The number of hydrogen-bond acceptors (Lipinski definition) is 1. The second-order valence-electron chi connectivity index (χ2n) is 4.70. The average molecular weight is 257 g/mol. The standard InChI is InChI=1S/C13H14F3NO/c1-8-4-2-3-5-11(8)12(18)17-10-6-9(7-10)13(14,15)16/h2-5,9-10H,6-7H2,1H3,(H,17,18). The normalized spacial score (nSPS) is 23.3. The molecule has 0 heterocycles. The summed E-state index contributed by atoms with van der Waals surface area (Å²) in [5.74, 6) is -1.56. The van der Waals surface area contributed by atoms with Gasteiger partial charge in [-0.05, 0) is 31.4 Å². The van der Waals surface area contributed by atoms with Crippen LogP contribution in [0.2, 0.25) is 0 Å². The van der Waals surface area contributed by atoms with Crippen molar-refractivity contribution in [2.75, 3.05) is 0 Å². The van der Waals surface area contributed by atoms with E-state index in [9.17, 15) is 18.0 Å². The summed E-state index contributed by atoms with van der Waals surface area (Å²) in [5.41, 5.74) is 1.34. The first kappa shape index (κ1) is 12.9. The van der Waals surface area contributed by atoms with Crippen molar-refractivity contribution < 1.29 is 18.0 Å². The van der Waals surface area contributed by atoms with Gasteiger partial charge in [0, 0.05) is 11.6 Å². The topological polar surface area (TPSA) is 29.1 Å². The van der Waals surface area contributed by atoms with Crippen molar-refractivity contribution in [3.05, 3.63) is 35.4 Å². The number of amides is 1. The molecule has 5 heteroatoms. The molecule has 1 fully saturated rings. The Kier molecular flexibility index (Phi) is 3.32. The average Bonchev–Trinajstić information content (AvgIpc) is 2.21. The van der Waals surface area contributed by atoms with Gasteiger partial charge in [-0.15, -0.1) is 0 Å². The first-order valence-corrected chi connectivity index (χ1v) is 5.81. The molecular formula is C13H14F3NO. The largest absolute Gasteiger partial charge is 0.391 e. The number of carbonyl (C=O) groups excluding carboxylic acids is 1. The van der Waals surface area contributed by atoms with Gasteiger partial charge in [-0.25, -0.2) is 0 Å². The summed E-state index contributed by atoms with van der Waals surface area (Å²) >= 11 is 0. The van der Waals surface area contributed by atoms with Gasteiger partial charge in [0.1, 0.15) is 0 Å². The summed E-state index contributed by atoms with van der Waals surface area (Å²) in [4.78, 5) is 11.8. The number of aryl methyl sites for hydroxylation is 1. The smallest absolute Gasteiger partial charge is 0.349 e. The number of hydrogen-bond donors (Lipinski definition) is 1. The predicted octanol–water partition coefficient (Wildman–Crippen LogP) is 3.07. The van der Waals surface area contributed by atoms with Gasteiger partial charge in [0.15, 0.2) is 0 Å². The second kappa shape index (κ2) is 4.63. The van der Waals surface area contributed by atoms with Crippen molar-refractivity contribution in [3.8, 4) is 0 Å². The second-order valence-corrected chi connectivity index (χ2v) is 4.70. The van der Waals surface area contributed by atoms with Crippen LogP contribution in [0.4, 0.5) is 13.2 Å². The van der Waals surface area contributed by atoms with Gasteiger partial charge in [-0.2, -0.15) is 13.2 Å². The minimum Gasteiger partial charge on any atom is -0.349 e. The summed E-state index contributed by atoms with van der Waals surface area (Å²) in [6, 6.07) is 6.67. The number of carbonyl (C=O) groups is 1. The van der Waals surface area contributed by atoms with E-state index in [0.717, 1.165) is 5.56 Å². The molecule has 0 saturated heterocycles. The van der Waals surface area contributed by atoms with Crippen LogP contribution in [0, 0.1) is 12.8 Å². The first-order valence-electron chi connectivity index (χ1n) is 5.81. The molecule has 0 bridgehead atoms. The molecule has 0 unspecified atom stereocenters. The van der Waals surface area contributed by atoms with Crippen molar-refractivity contribution in [2.45, 2.75) is 32.0 Å². The lowest BCUT2D eigenvalue weighted by molar-refractivity contribution is -0.198. The number of halogens is 3. The van der Waals surface area contributed by atoms with Crippen molar-refractivity contribution >= 4 is 5.91 Å². The monoisotopic (exact) mass is 257 g/mol. The molecule has 0 radical (unpaired) electrons. The van der Waals surface area contributed by atoms with Gasteiger partial charge in [-0.3, -0.25) is 4.79 Å². The van der Waals surface area contributed by atoms with Gasteiger partial charge < -0.3 is 5.32 Å². The summed E-state index contributed by atoms with van der Waals surface area (Å²) in [7, 11) is 0. The summed E-state index contributed by atoms with van der Waals surface area (Å²) < 4.78 is 36.9. The fourth-order valence-corrected chi connectivity index (χ4v) is 2.09. The summed E-state index contributed by atoms with van der Waals surface area (Å²) in [6.07, 6.45) is -4.16. The van der Waals surface area contributed by atoms with E-state index in [2.05, 4.69) is 5.32 Å². The Balaban J connectivity index is 1.90. The number of nitrogens with one attached hydrogen (secondary N) is 1. The van der Waals surface area contributed by atoms with E-state index >= 15 is 0 Å². The zero-order valence-electron chi connectivity index (χ0n) is 9.92.